The maximum Gasteiger partial charge on any atom is 0.337 e. The Morgan fingerprint density at radius 1 is 1.36 bits per heavy atom. The van der Waals surface area contributed by atoms with Gasteiger partial charge in [-0.3, -0.25) is 4.79 Å². The molecule has 0 spiro atoms. The summed E-state index contributed by atoms with van der Waals surface area (Å²) in [6, 6.07) is 3.03. The Morgan fingerprint density at radius 3 is 2.72 bits per heavy atom. The zero-order valence-electron chi connectivity index (χ0n) is 13.3. The van der Waals surface area contributed by atoms with Crippen molar-refractivity contribution in [1.29, 1.82) is 0 Å². The van der Waals surface area contributed by atoms with Crippen molar-refractivity contribution < 1.29 is 33.0 Å². The van der Waals surface area contributed by atoms with Crippen LogP contribution in [0.3, 0.4) is 0 Å². The third-order valence-corrected chi connectivity index (χ3v) is 3.41. The molecule has 7 nitrogen and oxygen atoms in total. The molecule has 25 heavy (non-hydrogen) atoms. The van der Waals surface area contributed by atoms with E-state index in [4.69, 9.17) is 9.52 Å². The van der Waals surface area contributed by atoms with Gasteiger partial charge in [-0.1, -0.05) is 0 Å². The van der Waals surface area contributed by atoms with Crippen LogP contribution < -0.4 is 5.32 Å². The quantitative estimate of drug-likeness (QED) is 0.695. The second-order valence-corrected chi connectivity index (χ2v) is 5.60. The first kappa shape index (κ1) is 18.5. The highest BCUT2D eigenvalue weighted by Gasteiger charge is 2.30. The Labute approximate surface area is 141 Å². The van der Waals surface area contributed by atoms with E-state index in [-0.39, 0.29) is 30.1 Å². The predicted molar refractivity (Wildman–Crippen MR) is 81.4 cm³/mol. The number of carbonyl (C=O) groups is 2. The highest BCUT2D eigenvalue weighted by Crippen LogP contribution is 2.24. The van der Waals surface area contributed by atoms with Crippen LogP contribution in [0.4, 0.5) is 8.78 Å². The average molecular weight is 354 g/mol. The van der Waals surface area contributed by atoms with Crippen LogP contribution in [-0.4, -0.2) is 39.2 Å². The molecule has 0 aliphatic carbocycles. The molecular formula is C16H16F2N2O5. The highest BCUT2D eigenvalue weighted by atomic mass is 19.1. The minimum Gasteiger partial charge on any atom is -0.479 e. The summed E-state index contributed by atoms with van der Waals surface area (Å²) >= 11 is 0. The molecule has 0 saturated heterocycles. The Bertz CT molecular complexity index is 789. The zero-order valence-corrected chi connectivity index (χ0v) is 13.3. The van der Waals surface area contributed by atoms with E-state index < -0.39 is 35.7 Å². The van der Waals surface area contributed by atoms with Crippen LogP contribution in [0.1, 0.15) is 19.2 Å². The van der Waals surface area contributed by atoms with Crippen LogP contribution in [0.15, 0.2) is 28.8 Å². The summed E-state index contributed by atoms with van der Waals surface area (Å²) in [4.78, 5) is 26.3. The number of rotatable bonds is 7. The Morgan fingerprint density at radius 2 is 2.08 bits per heavy atom. The smallest absolute Gasteiger partial charge is 0.337 e. The summed E-state index contributed by atoms with van der Waals surface area (Å²) < 4.78 is 31.9. The first-order chi connectivity index (χ1) is 11.7. The largest absolute Gasteiger partial charge is 0.479 e. The van der Waals surface area contributed by atoms with E-state index in [0.29, 0.717) is 0 Å². The van der Waals surface area contributed by atoms with Crippen molar-refractivity contribution in [2.75, 3.05) is 6.54 Å². The lowest BCUT2D eigenvalue weighted by Crippen LogP contribution is -2.46. The number of hydrogen-bond acceptors (Lipinski definition) is 5. The van der Waals surface area contributed by atoms with Gasteiger partial charge in [-0.2, -0.15) is 0 Å². The molecule has 1 unspecified atom stereocenters. The third kappa shape index (κ3) is 4.83. The maximum absolute atomic E-state index is 13.7. The van der Waals surface area contributed by atoms with Crippen molar-refractivity contribution in [3.05, 3.63) is 41.9 Å². The van der Waals surface area contributed by atoms with E-state index in [1.54, 1.807) is 0 Å². The molecule has 2 rings (SSSR count). The summed E-state index contributed by atoms with van der Waals surface area (Å²) in [5.41, 5.74) is -2.02. The molecule has 1 amide bonds. The third-order valence-electron chi connectivity index (χ3n) is 3.41. The Balaban J connectivity index is 1.91. The van der Waals surface area contributed by atoms with Crippen LogP contribution in [0.2, 0.25) is 0 Å². The molecule has 0 bridgehead atoms. The van der Waals surface area contributed by atoms with Crippen molar-refractivity contribution in [2.24, 2.45) is 0 Å². The van der Waals surface area contributed by atoms with Crippen LogP contribution in [0, 0.1) is 11.6 Å². The number of benzene rings is 1. The molecule has 0 aliphatic heterocycles. The zero-order chi connectivity index (χ0) is 18.6. The van der Waals surface area contributed by atoms with Gasteiger partial charge in [-0.15, -0.1) is 0 Å². The number of amides is 1. The minimum atomic E-state index is -2.06. The normalized spacial score (nSPS) is 13.3. The first-order valence-corrected chi connectivity index (χ1v) is 7.31. The topological polar surface area (TPSA) is 113 Å². The van der Waals surface area contributed by atoms with Crippen molar-refractivity contribution in [1.82, 2.24) is 10.3 Å². The van der Waals surface area contributed by atoms with Gasteiger partial charge in [0.05, 0.1) is 18.3 Å². The molecule has 1 atom stereocenters. The molecule has 0 fully saturated rings. The average Bonchev–Trinajstić information content (AvgIpc) is 2.99. The number of aryl methyl sites for hydroxylation is 1. The summed E-state index contributed by atoms with van der Waals surface area (Å²) in [5.74, 6) is -3.20. The van der Waals surface area contributed by atoms with Gasteiger partial charge in [0.25, 0.3) is 0 Å². The van der Waals surface area contributed by atoms with Crippen LogP contribution in [0.5, 0.6) is 0 Å². The van der Waals surface area contributed by atoms with Crippen molar-refractivity contribution in [3.8, 4) is 11.3 Å². The molecule has 1 aromatic carbocycles. The molecule has 0 aliphatic rings. The minimum absolute atomic E-state index is 0.0436. The molecular weight excluding hydrogens is 338 g/mol. The lowest BCUT2D eigenvalue weighted by molar-refractivity contribution is -0.156. The lowest BCUT2D eigenvalue weighted by Gasteiger charge is -2.18. The van der Waals surface area contributed by atoms with E-state index in [1.165, 1.54) is 12.3 Å². The predicted octanol–water partition coefficient (Wildman–Crippen LogP) is 1.50. The summed E-state index contributed by atoms with van der Waals surface area (Å²) in [5, 5.41) is 20.5. The summed E-state index contributed by atoms with van der Waals surface area (Å²) in [6.07, 6.45) is 1.28. The van der Waals surface area contributed by atoms with Crippen molar-refractivity contribution in [3.63, 3.8) is 0 Å². The van der Waals surface area contributed by atoms with E-state index in [9.17, 15) is 23.5 Å². The second kappa shape index (κ2) is 7.39. The van der Waals surface area contributed by atoms with Crippen molar-refractivity contribution in [2.45, 2.75) is 25.4 Å². The monoisotopic (exact) mass is 354 g/mol. The molecule has 134 valence electrons. The van der Waals surface area contributed by atoms with Crippen LogP contribution >= 0.6 is 0 Å². The molecule has 9 heteroatoms. The standard InChI is InChI=1S/C16H16F2N2O5/c1-16(24,15(22)23)8-20-13(21)4-5-14-19-7-12(25-14)10-3-2-9(17)6-11(10)18/h2-3,6-7,24H,4-5,8H2,1H3,(H,20,21)(H,22,23). The Hall–Kier alpha value is -2.81. The number of nitrogens with zero attached hydrogens (tertiary/aromatic N) is 1. The van der Waals surface area contributed by atoms with Crippen LogP contribution in [0.25, 0.3) is 11.3 Å². The van der Waals surface area contributed by atoms with E-state index in [1.807, 2.05) is 0 Å². The number of hydrogen-bond donors (Lipinski definition) is 3. The van der Waals surface area contributed by atoms with Gasteiger partial charge in [0, 0.05) is 18.9 Å². The fourth-order valence-corrected chi connectivity index (χ4v) is 1.89. The van der Waals surface area contributed by atoms with Gasteiger partial charge >= 0.3 is 5.97 Å². The van der Waals surface area contributed by atoms with E-state index >= 15 is 0 Å². The van der Waals surface area contributed by atoms with Crippen molar-refractivity contribution >= 4 is 11.9 Å². The molecule has 3 N–H and O–H groups in total. The lowest BCUT2D eigenvalue weighted by atomic mass is 10.1. The number of nitrogens with one attached hydrogen (secondary N) is 1. The number of carbonyl (C=O) groups excluding carboxylic acids is 1. The van der Waals surface area contributed by atoms with E-state index in [0.717, 1.165) is 19.1 Å². The van der Waals surface area contributed by atoms with Gasteiger partial charge < -0.3 is 19.9 Å². The summed E-state index contributed by atoms with van der Waals surface area (Å²) in [6.45, 7) is 0.617. The number of carboxylic acid groups (broad SMARTS) is 1. The van der Waals surface area contributed by atoms with Crippen LogP contribution in [-0.2, 0) is 16.0 Å². The fourth-order valence-electron chi connectivity index (χ4n) is 1.89. The van der Waals surface area contributed by atoms with Gasteiger partial charge in [0.2, 0.25) is 5.91 Å². The number of aliphatic hydroxyl groups is 1. The SMILES string of the molecule is CC(O)(CNC(=O)CCc1ncc(-c2ccc(F)cc2F)o1)C(=O)O. The first-order valence-electron chi connectivity index (χ1n) is 7.31. The number of carboxylic acids is 1. The molecule has 0 radical (unpaired) electrons. The molecule has 1 heterocycles. The number of oxazole rings is 1. The second-order valence-electron chi connectivity index (χ2n) is 5.60. The molecule has 1 aromatic heterocycles. The van der Waals surface area contributed by atoms with E-state index in [2.05, 4.69) is 10.3 Å². The van der Waals surface area contributed by atoms with Gasteiger partial charge in [-0.25, -0.2) is 18.6 Å². The number of halogens is 2. The Kier molecular flexibility index (Phi) is 5.48. The van der Waals surface area contributed by atoms with Gasteiger partial charge in [0.15, 0.2) is 17.3 Å². The maximum atomic E-state index is 13.7. The number of aliphatic carboxylic acids is 1. The fraction of sp³-hybridized carbons (Fsp3) is 0.312. The molecule has 0 saturated carbocycles. The highest BCUT2D eigenvalue weighted by molar-refractivity contribution is 5.80. The van der Waals surface area contributed by atoms with Gasteiger partial charge in [0.1, 0.15) is 11.6 Å². The van der Waals surface area contributed by atoms with Gasteiger partial charge in [-0.05, 0) is 19.1 Å². The number of aromatic nitrogens is 1. The summed E-state index contributed by atoms with van der Waals surface area (Å²) in [7, 11) is 0. The molecule has 2 aromatic rings.